The molecule has 0 amide bonds. The maximum absolute atomic E-state index is 9.96. The molecule has 0 unspecified atom stereocenters. The molecule has 1 fully saturated rings. The average Bonchev–Trinajstić information content (AvgIpc) is 3.08. The predicted octanol–water partition coefficient (Wildman–Crippen LogP) is 4.91. The van der Waals surface area contributed by atoms with Gasteiger partial charge in [0.1, 0.15) is 24.4 Å². The van der Waals surface area contributed by atoms with Crippen LogP contribution in [0.1, 0.15) is 103 Å². The zero-order chi connectivity index (χ0) is 21.9. The summed E-state index contributed by atoms with van der Waals surface area (Å²) in [6, 6.07) is 0. The van der Waals surface area contributed by atoms with Crippen LogP contribution in [0.5, 0.6) is 0 Å². The number of allylic oxidation sites excluding steroid dienone is 2. The Bertz CT molecular complexity index is 401. The normalized spacial score (nSPS) is 22.9. The Morgan fingerprint density at radius 2 is 1.37 bits per heavy atom. The van der Waals surface area contributed by atoms with E-state index in [4.69, 9.17) is 9.47 Å². The fourth-order valence-corrected chi connectivity index (χ4v) is 3.90. The van der Waals surface area contributed by atoms with Gasteiger partial charge in [0.25, 0.3) is 0 Å². The van der Waals surface area contributed by atoms with Crippen LogP contribution < -0.4 is 0 Å². The maximum Gasteiger partial charge on any atom is 0.114 e. The first-order chi connectivity index (χ1) is 14.7. The summed E-state index contributed by atoms with van der Waals surface area (Å²) in [6.45, 7) is 3.06. The number of hydrogen-bond donors (Lipinski definition) is 3. The van der Waals surface area contributed by atoms with Crippen molar-refractivity contribution in [3.05, 3.63) is 12.2 Å². The molecule has 1 saturated heterocycles. The van der Waals surface area contributed by atoms with E-state index in [0.29, 0.717) is 6.61 Å². The predicted molar refractivity (Wildman–Crippen MR) is 123 cm³/mol. The molecule has 0 aliphatic carbocycles. The van der Waals surface area contributed by atoms with Crippen LogP contribution in [0.3, 0.4) is 0 Å². The summed E-state index contributed by atoms with van der Waals surface area (Å²) in [7, 11) is 0. The van der Waals surface area contributed by atoms with Gasteiger partial charge in [-0.15, -0.1) is 0 Å². The summed E-state index contributed by atoms with van der Waals surface area (Å²) in [6.07, 6.45) is 20.5. The molecule has 0 spiro atoms. The molecule has 0 aromatic rings. The monoisotopic (exact) mass is 428 g/mol. The molecule has 1 aliphatic heterocycles. The molecule has 0 aromatic carbocycles. The van der Waals surface area contributed by atoms with Crippen molar-refractivity contribution in [3.63, 3.8) is 0 Å². The second-order valence-electron chi connectivity index (χ2n) is 8.79. The van der Waals surface area contributed by atoms with Gasteiger partial charge in [0.15, 0.2) is 0 Å². The lowest BCUT2D eigenvalue weighted by atomic mass is 10.0. The molecular weight excluding hydrogens is 380 g/mol. The molecule has 1 aliphatic rings. The molecule has 30 heavy (non-hydrogen) atoms. The van der Waals surface area contributed by atoms with Crippen molar-refractivity contribution in [2.45, 2.75) is 128 Å². The number of aliphatic hydroxyl groups is 3. The van der Waals surface area contributed by atoms with Gasteiger partial charge in [-0.2, -0.15) is 0 Å². The summed E-state index contributed by atoms with van der Waals surface area (Å²) in [5, 5.41) is 29.1. The lowest BCUT2D eigenvalue weighted by Gasteiger charge is -2.20. The molecule has 1 rings (SSSR count). The van der Waals surface area contributed by atoms with Gasteiger partial charge in [-0.25, -0.2) is 0 Å². The fourth-order valence-electron chi connectivity index (χ4n) is 3.90. The van der Waals surface area contributed by atoms with Crippen molar-refractivity contribution in [3.8, 4) is 0 Å². The summed E-state index contributed by atoms with van der Waals surface area (Å²) in [5.41, 5.74) is 0. The van der Waals surface area contributed by atoms with E-state index in [2.05, 4.69) is 19.1 Å². The van der Waals surface area contributed by atoms with E-state index >= 15 is 0 Å². The third-order valence-electron chi connectivity index (χ3n) is 5.89. The summed E-state index contributed by atoms with van der Waals surface area (Å²) < 4.78 is 10.7. The van der Waals surface area contributed by atoms with E-state index in [9.17, 15) is 15.3 Å². The molecule has 0 radical (unpaired) electrons. The highest BCUT2D eigenvalue weighted by molar-refractivity contribution is 4.87. The molecular formula is C25H48O5. The van der Waals surface area contributed by atoms with Gasteiger partial charge >= 0.3 is 0 Å². The highest BCUT2D eigenvalue weighted by Gasteiger charge is 2.39. The summed E-state index contributed by atoms with van der Waals surface area (Å²) in [4.78, 5) is 0. The highest BCUT2D eigenvalue weighted by atomic mass is 16.5. The molecule has 0 aromatic heterocycles. The van der Waals surface area contributed by atoms with Crippen LogP contribution in [0.15, 0.2) is 12.2 Å². The van der Waals surface area contributed by atoms with Crippen molar-refractivity contribution < 1.29 is 24.8 Å². The van der Waals surface area contributed by atoms with E-state index in [1.807, 2.05) is 0 Å². The lowest BCUT2D eigenvalue weighted by molar-refractivity contribution is -0.0813. The Balaban J connectivity index is 1.75. The molecule has 0 saturated carbocycles. The minimum atomic E-state index is -1.03. The third-order valence-corrected chi connectivity index (χ3v) is 5.89. The quantitative estimate of drug-likeness (QED) is 0.190. The Labute approximate surface area is 184 Å². The molecule has 0 bridgehead atoms. The maximum atomic E-state index is 9.96. The first kappa shape index (κ1) is 27.6. The van der Waals surface area contributed by atoms with E-state index in [0.717, 1.165) is 12.8 Å². The SMILES string of the molecule is CCC/C=C/CCCCCCCCCCCCCCOC[C@H](O)[C@@H]1OC[C@@H](O)[C@@H]1O. The van der Waals surface area contributed by atoms with E-state index in [-0.39, 0.29) is 13.2 Å². The first-order valence-electron chi connectivity index (χ1n) is 12.5. The summed E-state index contributed by atoms with van der Waals surface area (Å²) in [5.74, 6) is 0. The smallest absolute Gasteiger partial charge is 0.114 e. The summed E-state index contributed by atoms with van der Waals surface area (Å²) >= 11 is 0. The van der Waals surface area contributed by atoms with Crippen molar-refractivity contribution in [1.29, 1.82) is 0 Å². The largest absolute Gasteiger partial charge is 0.388 e. The standard InChI is InChI=1S/C25H48O5/c1-2-3-4-5-6-7-8-9-10-11-12-13-14-15-16-17-18-19-29-20-23(27)25-24(28)22(26)21-30-25/h4-5,22-28H,2-3,6-21H2,1H3/b5-4+/t22-,23+,24+,25+/m1/s1. The van der Waals surface area contributed by atoms with Gasteiger partial charge in [0.2, 0.25) is 0 Å². The number of ether oxygens (including phenoxy) is 2. The van der Waals surface area contributed by atoms with E-state index in [1.165, 1.54) is 83.5 Å². The first-order valence-corrected chi connectivity index (χ1v) is 12.5. The van der Waals surface area contributed by atoms with Gasteiger partial charge in [0.05, 0.1) is 13.2 Å². The zero-order valence-corrected chi connectivity index (χ0v) is 19.4. The fraction of sp³-hybridized carbons (Fsp3) is 0.920. The minimum absolute atomic E-state index is 0.0693. The van der Waals surface area contributed by atoms with E-state index < -0.39 is 24.4 Å². The van der Waals surface area contributed by atoms with Gasteiger partial charge in [-0.3, -0.25) is 0 Å². The number of unbranched alkanes of at least 4 members (excludes halogenated alkanes) is 13. The van der Waals surface area contributed by atoms with Gasteiger partial charge in [0, 0.05) is 6.61 Å². The topological polar surface area (TPSA) is 79.2 Å². The molecule has 1 heterocycles. The second-order valence-corrected chi connectivity index (χ2v) is 8.79. The third kappa shape index (κ3) is 13.8. The van der Waals surface area contributed by atoms with Crippen LogP contribution in [0, 0.1) is 0 Å². The van der Waals surface area contributed by atoms with Crippen molar-refractivity contribution in [2.75, 3.05) is 19.8 Å². The van der Waals surface area contributed by atoms with Crippen molar-refractivity contribution in [2.24, 2.45) is 0 Å². The zero-order valence-electron chi connectivity index (χ0n) is 19.4. The number of rotatable bonds is 20. The lowest BCUT2D eigenvalue weighted by Crippen LogP contribution is -2.40. The second kappa shape index (κ2) is 19.2. The highest BCUT2D eigenvalue weighted by Crippen LogP contribution is 2.18. The Morgan fingerprint density at radius 3 is 1.90 bits per heavy atom. The average molecular weight is 429 g/mol. The Kier molecular flexibility index (Phi) is 17.7. The Hall–Kier alpha value is -0.460. The van der Waals surface area contributed by atoms with Crippen LogP contribution >= 0.6 is 0 Å². The number of aliphatic hydroxyl groups excluding tert-OH is 3. The number of hydrogen-bond acceptors (Lipinski definition) is 5. The molecule has 5 nitrogen and oxygen atoms in total. The Morgan fingerprint density at radius 1 is 0.833 bits per heavy atom. The van der Waals surface area contributed by atoms with E-state index in [1.54, 1.807) is 0 Å². The van der Waals surface area contributed by atoms with Crippen LogP contribution in [-0.2, 0) is 9.47 Å². The van der Waals surface area contributed by atoms with Gasteiger partial charge < -0.3 is 24.8 Å². The molecule has 3 N–H and O–H groups in total. The molecule has 178 valence electrons. The van der Waals surface area contributed by atoms with Crippen molar-refractivity contribution >= 4 is 0 Å². The van der Waals surface area contributed by atoms with Crippen LogP contribution in [0.2, 0.25) is 0 Å². The molecule has 5 heteroatoms. The van der Waals surface area contributed by atoms with Gasteiger partial charge in [-0.1, -0.05) is 89.7 Å². The van der Waals surface area contributed by atoms with Gasteiger partial charge in [-0.05, 0) is 25.7 Å². The van der Waals surface area contributed by atoms with Crippen LogP contribution in [-0.4, -0.2) is 59.6 Å². The van der Waals surface area contributed by atoms with Crippen LogP contribution in [0.4, 0.5) is 0 Å². The molecule has 4 atom stereocenters. The minimum Gasteiger partial charge on any atom is -0.388 e. The van der Waals surface area contributed by atoms with Crippen LogP contribution in [0.25, 0.3) is 0 Å². The van der Waals surface area contributed by atoms with Crippen molar-refractivity contribution in [1.82, 2.24) is 0 Å².